The molecule has 1 aliphatic rings. The molecule has 1 amide bonds. The second-order valence-corrected chi connectivity index (χ2v) is 24.0. The molecule has 2 aromatic heterocycles. The Morgan fingerprint density at radius 2 is 1.64 bits per heavy atom. The van der Waals surface area contributed by atoms with Gasteiger partial charge in [0, 0.05) is 24.4 Å². The Labute approximate surface area is 251 Å². The topological polar surface area (TPSA) is 87.5 Å². The third kappa shape index (κ3) is 6.40. The summed E-state index contributed by atoms with van der Waals surface area (Å²) >= 11 is 0. The summed E-state index contributed by atoms with van der Waals surface area (Å²) in [6.45, 7) is 21.9. The summed E-state index contributed by atoms with van der Waals surface area (Å²) in [7, 11) is -2.64. The van der Waals surface area contributed by atoms with Gasteiger partial charge in [0.05, 0.1) is 12.1 Å². The Balaban J connectivity index is 1.69. The number of amides is 1. The van der Waals surface area contributed by atoms with Gasteiger partial charge in [-0.2, -0.15) is 0 Å². The maximum Gasteiger partial charge on any atom is 0.256 e. The molecule has 0 spiro atoms. The molecule has 0 bridgehead atoms. The molecule has 1 aliphatic heterocycles. The number of rotatable bonds is 8. The quantitative estimate of drug-likeness (QED) is 0.266. The number of aromatic nitrogens is 3. The highest BCUT2D eigenvalue weighted by molar-refractivity contribution is 6.74. The first-order chi connectivity index (χ1) is 19.3. The van der Waals surface area contributed by atoms with Gasteiger partial charge in [-0.15, -0.1) is 0 Å². The maximum absolute atomic E-state index is 16.6. The molecule has 4 atom stereocenters. The lowest BCUT2D eigenvalue weighted by molar-refractivity contribution is -0.0164. The highest BCUT2D eigenvalue weighted by Gasteiger charge is 2.52. The van der Waals surface area contributed by atoms with Gasteiger partial charge in [-0.05, 0) is 48.4 Å². The minimum Gasteiger partial charge on any atom is -0.414 e. The number of benzene rings is 1. The molecule has 42 heavy (non-hydrogen) atoms. The number of alkyl halides is 1. The summed E-state index contributed by atoms with van der Waals surface area (Å²) in [5.74, 6) is 0.0624. The van der Waals surface area contributed by atoms with Gasteiger partial charge in [0.1, 0.15) is 30.2 Å². The SMILES string of the molecule is Cn1cc([C@@H]2O[C@H](CO[Si](C)(C)C(C)(C)C)[C@@H](O[Si](C)(C)C(C)(C)C)[C@H]2F)c2ncnc(NC(=O)c3ccccc3)c21. The monoisotopic (exact) mass is 614 g/mol. The average Bonchev–Trinajstić information content (AvgIpc) is 3.38. The second kappa shape index (κ2) is 11.6. The lowest BCUT2D eigenvalue weighted by Crippen LogP contribution is -2.50. The molecule has 0 aliphatic carbocycles. The molecule has 1 fully saturated rings. The van der Waals surface area contributed by atoms with Crippen LogP contribution in [0, 0.1) is 0 Å². The van der Waals surface area contributed by atoms with Gasteiger partial charge < -0.3 is 23.5 Å². The van der Waals surface area contributed by atoms with Gasteiger partial charge >= 0.3 is 0 Å². The number of hydrogen-bond acceptors (Lipinski definition) is 6. The van der Waals surface area contributed by atoms with Crippen LogP contribution in [0.5, 0.6) is 0 Å². The van der Waals surface area contributed by atoms with Crippen molar-refractivity contribution in [1.82, 2.24) is 14.5 Å². The number of carbonyl (C=O) groups excluding carboxylic acids is 1. The summed E-state index contributed by atoms with van der Waals surface area (Å²) in [6, 6.07) is 8.93. The van der Waals surface area contributed by atoms with Gasteiger partial charge in [0.2, 0.25) is 0 Å². The van der Waals surface area contributed by atoms with E-state index in [1.807, 2.05) is 23.9 Å². The molecular weight excluding hydrogens is 568 g/mol. The van der Waals surface area contributed by atoms with E-state index in [0.717, 1.165) is 0 Å². The van der Waals surface area contributed by atoms with E-state index < -0.39 is 41.1 Å². The number of fused-ring (bicyclic) bond motifs is 1. The van der Waals surface area contributed by atoms with Crippen LogP contribution in [0.15, 0.2) is 42.9 Å². The fraction of sp³-hybridized carbons (Fsp3) is 0.581. The third-order valence-electron chi connectivity index (χ3n) is 9.30. The minimum atomic E-state index is -2.35. The Hall–Kier alpha value is -2.45. The van der Waals surface area contributed by atoms with E-state index in [2.05, 4.69) is 83.0 Å². The molecular formula is C31H47FN4O4Si2. The zero-order chi connectivity index (χ0) is 31.3. The van der Waals surface area contributed by atoms with E-state index >= 15 is 4.39 Å². The van der Waals surface area contributed by atoms with Crippen LogP contribution < -0.4 is 5.32 Å². The van der Waals surface area contributed by atoms with Crippen LogP contribution in [0.25, 0.3) is 11.0 Å². The number of halogens is 1. The summed E-state index contributed by atoms with van der Waals surface area (Å²) in [6.07, 6.45) is -0.511. The number of carbonyl (C=O) groups is 1. The number of hydrogen-bond donors (Lipinski definition) is 1. The van der Waals surface area contributed by atoms with Crippen LogP contribution in [0.4, 0.5) is 10.2 Å². The molecule has 230 valence electrons. The van der Waals surface area contributed by atoms with Crippen molar-refractivity contribution in [3.05, 3.63) is 54.0 Å². The zero-order valence-corrected chi connectivity index (χ0v) is 28.9. The Morgan fingerprint density at radius 1 is 1.02 bits per heavy atom. The van der Waals surface area contributed by atoms with E-state index in [9.17, 15) is 4.79 Å². The molecule has 0 saturated carbocycles. The molecule has 11 heteroatoms. The smallest absolute Gasteiger partial charge is 0.256 e. The minimum absolute atomic E-state index is 0.00302. The van der Waals surface area contributed by atoms with E-state index in [1.165, 1.54) is 6.33 Å². The zero-order valence-electron chi connectivity index (χ0n) is 26.9. The van der Waals surface area contributed by atoms with Crippen molar-refractivity contribution >= 4 is 39.4 Å². The summed E-state index contributed by atoms with van der Waals surface area (Å²) in [5.41, 5.74) is 2.23. The van der Waals surface area contributed by atoms with E-state index in [4.69, 9.17) is 13.6 Å². The lowest BCUT2D eigenvalue weighted by Gasteiger charge is -2.41. The first-order valence-electron chi connectivity index (χ1n) is 14.6. The van der Waals surface area contributed by atoms with Crippen molar-refractivity contribution < 1.29 is 22.8 Å². The van der Waals surface area contributed by atoms with Crippen LogP contribution in [0.3, 0.4) is 0 Å². The number of anilines is 1. The molecule has 1 N–H and O–H groups in total. The van der Waals surface area contributed by atoms with Crippen molar-refractivity contribution in [3.8, 4) is 0 Å². The van der Waals surface area contributed by atoms with Gasteiger partial charge in [0.15, 0.2) is 28.6 Å². The van der Waals surface area contributed by atoms with Crippen LogP contribution in [0.1, 0.15) is 63.6 Å². The number of aryl methyl sites for hydroxylation is 1. The van der Waals surface area contributed by atoms with Crippen LogP contribution in [0.2, 0.25) is 36.3 Å². The highest BCUT2D eigenvalue weighted by atomic mass is 28.4. The third-order valence-corrected chi connectivity index (χ3v) is 18.3. The van der Waals surface area contributed by atoms with Gasteiger partial charge in [0.25, 0.3) is 5.91 Å². The molecule has 1 saturated heterocycles. The van der Waals surface area contributed by atoms with Crippen molar-refractivity contribution in [1.29, 1.82) is 0 Å². The largest absolute Gasteiger partial charge is 0.414 e. The standard InChI is InChI=1S/C31H47FN4O4Si2/c1-30(2,3)41(8,9)38-18-22-27(40-42(10,11)31(4,5)6)23(32)26(39-22)21-17-36(7)25-24(21)33-19-34-28(25)35-29(37)20-15-13-12-14-16-20/h12-17,19,22-23,26-27H,18H2,1-11H3,(H,33,34,35,37)/t22-,23+,26+,27-/m1/s1. The maximum atomic E-state index is 16.6. The van der Waals surface area contributed by atoms with Crippen LogP contribution >= 0.6 is 0 Å². The number of ether oxygens (including phenoxy) is 1. The summed E-state index contributed by atoms with van der Waals surface area (Å²) in [5, 5.41) is 2.79. The number of nitrogens with zero attached hydrogens (tertiary/aromatic N) is 3. The van der Waals surface area contributed by atoms with Crippen molar-refractivity contribution in [3.63, 3.8) is 0 Å². The highest BCUT2D eigenvalue weighted by Crippen LogP contribution is 2.46. The predicted molar refractivity (Wildman–Crippen MR) is 171 cm³/mol. The fourth-order valence-corrected chi connectivity index (χ4v) is 6.92. The van der Waals surface area contributed by atoms with Crippen molar-refractivity contribution in [2.45, 2.75) is 102 Å². The molecule has 1 aromatic carbocycles. The Bertz CT molecular complexity index is 1420. The van der Waals surface area contributed by atoms with E-state index in [1.54, 1.807) is 24.3 Å². The van der Waals surface area contributed by atoms with Crippen LogP contribution in [-0.2, 0) is 20.6 Å². The first-order valence-corrected chi connectivity index (χ1v) is 20.4. The van der Waals surface area contributed by atoms with Crippen LogP contribution in [-0.4, -0.2) is 62.1 Å². The fourth-order valence-electron chi connectivity index (χ4n) is 4.59. The first kappa shape index (κ1) is 32.5. The normalized spacial score (nSPS) is 22.1. The van der Waals surface area contributed by atoms with Gasteiger partial charge in [-0.1, -0.05) is 59.7 Å². The molecule has 3 aromatic rings. The summed E-state index contributed by atoms with van der Waals surface area (Å²) in [4.78, 5) is 21.8. The van der Waals surface area contributed by atoms with Gasteiger partial charge in [-0.3, -0.25) is 4.79 Å². The van der Waals surface area contributed by atoms with Crippen molar-refractivity contribution in [2.24, 2.45) is 7.05 Å². The number of nitrogens with one attached hydrogen (secondary N) is 1. The molecule has 4 rings (SSSR count). The molecule has 0 unspecified atom stereocenters. The average molecular weight is 615 g/mol. The summed E-state index contributed by atoms with van der Waals surface area (Å²) < 4.78 is 38.2. The Morgan fingerprint density at radius 3 is 2.24 bits per heavy atom. The molecule has 8 nitrogen and oxygen atoms in total. The second-order valence-electron chi connectivity index (χ2n) is 14.4. The van der Waals surface area contributed by atoms with Crippen molar-refractivity contribution in [2.75, 3.05) is 11.9 Å². The molecule has 3 heterocycles. The van der Waals surface area contributed by atoms with E-state index in [0.29, 0.717) is 28.0 Å². The lowest BCUT2D eigenvalue weighted by atomic mass is 10.0. The van der Waals surface area contributed by atoms with E-state index in [-0.39, 0.29) is 22.6 Å². The predicted octanol–water partition coefficient (Wildman–Crippen LogP) is 7.41. The van der Waals surface area contributed by atoms with Gasteiger partial charge in [-0.25, -0.2) is 14.4 Å². The molecule has 0 radical (unpaired) electrons. The Kier molecular flexibility index (Phi) is 8.94.